The minimum absolute atomic E-state index is 0.0507. The number of carbonyl (C=O) groups is 1. The van der Waals surface area contributed by atoms with Gasteiger partial charge in [-0.15, -0.1) is 0 Å². The van der Waals surface area contributed by atoms with E-state index < -0.39 is 0 Å². The van der Waals surface area contributed by atoms with Gasteiger partial charge >= 0.3 is 0 Å². The van der Waals surface area contributed by atoms with E-state index in [4.69, 9.17) is 9.47 Å². The van der Waals surface area contributed by atoms with Crippen LogP contribution >= 0.6 is 0 Å². The lowest BCUT2D eigenvalue weighted by Gasteiger charge is -2.25. The summed E-state index contributed by atoms with van der Waals surface area (Å²) in [5.74, 6) is 1.43. The van der Waals surface area contributed by atoms with E-state index in [9.17, 15) is 4.79 Å². The lowest BCUT2D eigenvalue weighted by molar-refractivity contribution is -0.120. The Morgan fingerprint density at radius 1 is 1.00 bits per heavy atom. The zero-order chi connectivity index (χ0) is 20.1. The molecule has 3 aromatic carbocycles. The van der Waals surface area contributed by atoms with Gasteiger partial charge < -0.3 is 14.8 Å². The molecule has 0 saturated heterocycles. The molecule has 1 atom stereocenters. The lowest BCUT2D eigenvalue weighted by Crippen LogP contribution is -2.39. The summed E-state index contributed by atoms with van der Waals surface area (Å²) in [4.78, 5) is 14.7. The highest BCUT2D eigenvalue weighted by Gasteiger charge is 2.20. The van der Waals surface area contributed by atoms with Crippen LogP contribution in [0.5, 0.6) is 11.5 Å². The van der Waals surface area contributed by atoms with Crippen LogP contribution in [0, 0.1) is 0 Å². The first-order valence-electron chi connectivity index (χ1n) is 9.22. The molecule has 3 aromatic rings. The molecule has 0 fully saturated rings. The minimum atomic E-state index is -0.307. The van der Waals surface area contributed by atoms with Crippen molar-refractivity contribution >= 4 is 22.4 Å². The van der Waals surface area contributed by atoms with Crippen molar-refractivity contribution < 1.29 is 14.3 Å². The first kappa shape index (κ1) is 19.7. The molecule has 0 saturated carbocycles. The van der Waals surface area contributed by atoms with E-state index in [2.05, 4.69) is 11.4 Å². The molecule has 0 spiro atoms. The Kier molecular flexibility index (Phi) is 6.16. The Morgan fingerprint density at radius 2 is 1.75 bits per heavy atom. The molecule has 1 N–H and O–H groups in total. The molecule has 5 heteroatoms. The highest BCUT2D eigenvalue weighted by Crippen LogP contribution is 2.26. The van der Waals surface area contributed by atoms with Crippen LogP contribution in [0.1, 0.15) is 12.5 Å². The zero-order valence-corrected chi connectivity index (χ0v) is 16.7. The van der Waals surface area contributed by atoms with Gasteiger partial charge in [0.1, 0.15) is 11.5 Å². The average molecular weight is 378 g/mol. The third-order valence-electron chi connectivity index (χ3n) is 4.97. The van der Waals surface area contributed by atoms with Crippen molar-refractivity contribution in [2.45, 2.75) is 19.5 Å². The van der Waals surface area contributed by atoms with Crippen LogP contribution < -0.4 is 14.8 Å². The van der Waals surface area contributed by atoms with E-state index in [1.54, 1.807) is 14.2 Å². The third kappa shape index (κ3) is 4.43. The van der Waals surface area contributed by atoms with Crippen molar-refractivity contribution in [2.24, 2.45) is 0 Å². The Hall–Kier alpha value is -3.05. The molecule has 0 aromatic heterocycles. The quantitative estimate of drug-likeness (QED) is 0.665. The van der Waals surface area contributed by atoms with Gasteiger partial charge in [-0.2, -0.15) is 0 Å². The van der Waals surface area contributed by atoms with Crippen LogP contribution in [-0.2, 0) is 11.3 Å². The number of benzene rings is 3. The number of ether oxygens (including phenoxy) is 2. The fourth-order valence-corrected chi connectivity index (χ4v) is 3.10. The Labute approximate surface area is 165 Å². The number of rotatable bonds is 7. The van der Waals surface area contributed by atoms with Crippen molar-refractivity contribution in [1.82, 2.24) is 4.90 Å². The molecule has 0 aliphatic heterocycles. The molecule has 0 aliphatic carbocycles. The number of methoxy groups -OCH3 is 2. The van der Waals surface area contributed by atoms with Crippen molar-refractivity contribution in [3.05, 3.63) is 66.2 Å². The summed E-state index contributed by atoms with van der Waals surface area (Å²) >= 11 is 0. The number of fused-ring (bicyclic) bond motifs is 1. The zero-order valence-electron chi connectivity index (χ0n) is 16.7. The molecule has 5 nitrogen and oxygen atoms in total. The van der Waals surface area contributed by atoms with E-state index in [0.717, 1.165) is 33.5 Å². The first-order valence-corrected chi connectivity index (χ1v) is 9.22. The normalized spacial score (nSPS) is 12.0. The standard InChI is InChI=1S/C23H26N2O3/c1-16(25(2)15-19-10-12-21(27-3)14-22(19)28-4)23(26)24-20-11-9-17-7-5-6-8-18(17)13-20/h5-14,16H,15H2,1-4H3,(H,24,26)/t16-/m1/s1. The molecule has 0 unspecified atom stereocenters. The highest BCUT2D eigenvalue weighted by atomic mass is 16.5. The second-order valence-electron chi connectivity index (χ2n) is 6.82. The monoisotopic (exact) mass is 378 g/mol. The molecule has 0 aliphatic rings. The van der Waals surface area contributed by atoms with Gasteiger partial charge in [0.05, 0.1) is 20.3 Å². The summed E-state index contributed by atoms with van der Waals surface area (Å²) in [6, 6.07) is 19.4. The third-order valence-corrected chi connectivity index (χ3v) is 4.97. The van der Waals surface area contributed by atoms with Gasteiger partial charge in [0, 0.05) is 23.9 Å². The molecule has 3 rings (SSSR count). The number of amides is 1. The molecule has 28 heavy (non-hydrogen) atoms. The topological polar surface area (TPSA) is 50.8 Å². The molecule has 146 valence electrons. The van der Waals surface area contributed by atoms with E-state index in [1.807, 2.05) is 73.5 Å². The number of carbonyl (C=O) groups excluding carboxylic acids is 1. The van der Waals surface area contributed by atoms with E-state index in [-0.39, 0.29) is 11.9 Å². The summed E-state index contributed by atoms with van der Waals surface area (Å²) in [5.41, 5.74) is 1.79. The minimum Gasteiger partial charge on any atom is -0.497 e. The van der Waals surface area contributed by atoms with E-state index >= 15 is 0 Å². The average Bonchev–Trinajstić information content (AvgIpc) is 2.73. The molecule has 0 radical (unpaired) electrons. The maximum Gasteiger partial charge on any atom is 0.241 e. The first-order chi connectivity index (χ1) is 13.5. The number of likely N-dealkylation sites (N-methyl/N-ethyl adjacent to an activating group) is 1. The van der Waals surface area contributed by atoms with Crippen LogP contribution in [-0.4, -0.2) is 38.1 Å². The van der Waals surface area contributed by atoms with Crippen molar-refractivity contribution in [2.75, 3.05) is 26.6 Å². The van der Waals surface area contributed by atoms with Gasteiger partial charge in [0.25, 0.3) is 0 Å². The second kappa shape index (κ2) is 8.76. The molecule has 0 heterocycles. The predicted octanol–water partition coefficient (Wildman–Crippen LogP) is 4.32. The fourth-order valence-electron chi connectivity index (χ4n) is 3.10. The predicted molar refractivity (Wildman–Crippen MR) is 113 cm³/mol. The molecule has 1 amide bonds. The summed E-state index contributed by atoms with van der Waals surface area (Å²) < 4.78 is 10.7. The Balaban J connectivity index is 1.68. The summed E-state index contributed by atoms with van der Waals surface area (Å²) in [6.07, 6.45) is 0. The van der Waals surface area contributed by atoms with Crippen molar-refractivity contribution in [3.8, 4) is 11.5 Å². The summed E-state index contributed by atoms with van der Waals surface area (Å²) in [7, 11) is 5.18. The van der Waals surface area contributed by atoms with Crippen LogP contribution in [0.4, 0.5) is 5.69 Å². The smallest absolute Gasteiger partial charge is 0.241 e. The van der Waals surface area contributed by atoms with Gasteiger partial charge in [0.2, 0.25) is 5.91 Å². The Bertz CT molecular complexity index is 971. The van der Waals surface area contributed by atoms with Gasteiger partial charge in [-0.1, -0.05) is 36.4 Å². The molecular formula is C23H26N2O3. The fraction of sp³-hybridized carbons (Fsp3) is 0.261. The SMILES string of the molecule is COc1ccc(CN(C)[C@H](C)C(=O)Nc2ccc3ccccc3c2)c(OC)c1. The van der Waals surface area contributed by atoms with Crippen LogP contribution in [0.2, 0.25) is 0 Å². The maximum absolute atomic E-state index is 12.7. The van der Waals surface area contributed by atoms with Crippen molar-refractivity contribution in [1.29, 1.82) is 0 Å². The van der Waals surface area contributed by atoms with E-state index in [1.165, 1.54) is 0 Å². The van der Waals surface area contributed by atoms with Gasteiger partial charge in [-0.3, -0.25) is 9.69 Å². The largest absolute Gasteiger partial charge is 0.497 e. The summed E-state index contributed by atoms with van der Waals surface area (Å²) in [5, 5.41) is 5.27. The second-order valence-corrected chi connectivity index (χ2v) is 6.82. The maximum atomic E-state index is 12.7. The summed E-state index contributed by atoms with van der Waals surface area (Å²) in [6.45, 7) is 2.48. The van der Waals surface area contributed by atoms with Gasteiger partial charge in [-0.25, -0.2) is 0 Å². The number of hydrogen-bond acceptors (Lipinski definition) is 4. The Morgan fingerprint density at radius 3 is 2.46 bits per heavy atom. The van der Waals surface area contributed by atoms with Crippen LogP contribution in [0.15, 0.2) is 60.7 Å². The molecule has 0 bridgehead atoms. The van der Waals surface area contributed by atoms with Crippen LogP contribution in [0.3, 0.4) is 0 Å². The van der Waals surface area contributed by atoms with Crippen LogP contribution in [0.25, 0.3) is 10.8 Å². The molecular weight excluding hydrogens is 352 g/mol. The van der Waals surface area contributed by atoms with E-state index in [0.29, 0.717) is 6.54 Å². The van der Waals surface area contributed by atoms with Gasteiger partial charge in [-0.05, 0) is 42.9 Å². The number of nitrogens with one attached hydrogen (secondary N) is 1. The number of nitrogens with zero attached hydrogens (tertiary/aromatic N) is 1. The number of anilines is 1. The lowest BCUT2D eigenvalue weighted by atomic mass is 10.1. The highest BCUT2D eigenvalue weighted by molar-refractivity contribution is 5.97. The van der Waals surface area contributed by atoms with Crippen molar-refractivity contribution in [3.63, 3.8) is 0 Å². The number of hydrogen-bond donors (Lipinski definition) is 1. The van der Waals surface area contributed by atoms with Gasteiger partial charge in [0.15, 0.2) is 0 Å².